The molecule has 2 aromatic rings. The SMILES string of the molecule is CNC(=O)[C@@H](NC(=O)C(Cc1ccc2ccccc2c1)[C@H](OC(C)C)C(=O)NO)C(C)(C)C. The first-order valence-corrected chi connectivity index (χ1v) is 11.1. The van der Waals surface area contributed by atoms with E-state index in [-0.39, 0.29) is 18.4 Å². The molecule has 3 atom stereocenters. The Morgan fingerprint density at radius 2 is 1.61 bits per heavy atom. The third-order valence-corrected chi connectivity index (χ3v) is 5.42. The highest BCUT2D eigenvalue weighted by atomic mass is 16.5. The largest absolute Gasteiger partial charge is 0.365 e. The Labute approximate surface area is 195 Å². The molecule has 2 aromatic carbocycles. The van der Waals surface area contributed by atoms with Gasteiger partial charge in [0.1, 0.15) is 6.04 Å². The number of hydrogen-bond donors (Lipinski definition) is 4. The fraction of sp³-hybridized carbons (Fsp3) is 0.480. The lowest BCUT2D eigenvalue weighted by molar-refractivity contribution is -0.154. The fourth-order valence-corrected chi connectivity index (χ4v) is 3.72. The van der Waals surface area contributed by atoms with Gasteiger partial charge in [0.15, 0.2) is 6.10 Å². The van der Waals surface area contributed by atoms with Crippen LogP contribution in [0.15, 0.2) is 42.5 Å². The standard InChI is InChI=1S/C25H35N3O5/c1-15(2)33-20(23(30)28-32)19(22(29)27-21(24(31)26-6)25(3,4)5)14-16-11-12-17-9-7-8-10-18(17)13-16/h7-13,15,19-21,32H,14H2,1-6H3,(H,26,31)(H,27,29)(H,28,30)/t19?,20-,21+/m0/s1. The quantitative estimate of drug-likeness (QED) is 0.341. The topological polar surface area (TPSA) is 117 Å². The lowest BCUT2D eigenvalue weighted by Crippen LogP contribution is -2.57. The lowest BCUT2D eigenvalue weighted by Gasteiger charge is -2.33. The van der Waals surface area contributed by atoms with Crippen LogP contribution in [0.2, 0.25) is 0 Å². The van der Waals surface area contributed by atoms with Gasteiger partial charge in [-0.1, -0.05) is 63.2 Å². The summed E-state index contributed by atoms with van der Waals surface area (Å²) in [7, 11) is 1.50. The van der Waals surface area contributed by atoms with E-state index in [4.69, 9.17) is 4.74 Å². The van der Waals surface area contributed by atoms with Crippen molar-refractivity contribution in [3.8, 4) is 0 Å². The average molecular weight is 458 g/mol. The summed E-state index contributed by atoms with van der Waals surface area (Å²) in [5, 5.41) is 16.8. The maximum Gasteiger partial charge on any atom is 0.273 e. The van der Waals surface area contributed by atoms with Crippen molar-refractivity contribution in [2.75, 3.05) is 7.05 Å². The molecule has 0 aliphatic heterocycles. The number of fused-ring (bicyclic) bond motifs is 1. The van der Waals surface area contributed by atoms with Crippen LogP contribution in [0.5, 0.6) is 0 Å². The van der Waals surface area contributed by atoms with Crippen LogP contribution in [-0.4, -0.2) is 48.2 Å². The molecule has 0 fully saturated rings. The molecule has 3 amide bonds. The molecule has 0 spiro atoms. The highest BCUT2D eigenvalue weighted by Crippen LogP contribution is 2.24. The van der Waals surface area contributed by atoms with E-state index in [1.54, 1.807) is 19.3 Å². The van der Waals surface area contributed by atoms with Gasteiger partial charge in [0.05, 0.1) is 12.0 Å². The Morgan fingerprint density at radius 1 is 0.970 bits per heavy atom. The first kappa shape index (κ1) is 26.3. The predicted molar refractivity (Wildman–Crippen MR) is 127 cm³/mol. The average Bonchev–Trinajstić information content (AvgIpc) is 2.77. The minimum atomic E-state index is -1.26. The highest BCUT2D eigenvalue weighted by Gasteiger charge is 2.39. The predicted octanol–water partition coefficient (Wildman–Crippen LogP) is 2.57. The second-order valence-electron chi connectivity index (χ2n) is 9.50. The Balaban J connectivity index is 2.46. The molecule has 0 saturated heterocycles. The number of hydroxylamine groups is 1. The third-order valence-electron chi connectivity index (χ3n) is 5.42. The van der Waals surface area contributed by atoms with E-state index in [2.05, 4.69) is 10.6 Å². The Bertz CT molecular complexity index is 983. The number of nitrogens with one attached hydrogen (secondary N) is 3. The van der Waals surface area contributed by atoms with Crippen molar-refractivity contribution in [2.45, 2.75) is 59.3 Å². The zero-order valence-electron chi connectivity index (χ0n) is 20.1. The molecule has 33 heavy (non-hydrogen) atoms. The van der Waals surface area contributed by atoms with Crippen LogP contribution in [0, 0.1) is 11.3 Å². The number of benzene rings is 2. The molecule has 0 bridgehead atoms. The van der Waals surface area contributed by atoms with E-state index in [1.807, 2.05) is 63.2 Å². The number of ether oxygens (including phenoxy) is 1. The van der Waals surface area contributed by atoms with Gasteiger partial charge >= 0.3 is 0 Å². The molecule has 180 valence electrons. The van der Waals surface area contributed by atoms with Gasteiger partial charge in [-0.2, -0.15) is 0 Å². The van der Waals surface area contributed by atoms with Crippen LogP contribution in [-0.2, 0) is 25.5 Å². The molecule has 8 heteroatoms. The molecule has 0 aliphatic rings. The van der Waals surface area contributed by atoms with Gasteiger partial charge in [0.25, 0.3) is 5.91 Å². The van der Waals surface area contributed by atoms with Gasteiger partial charge in [0, 0.05) is 7.05 Å². The smallest absolute Gasteiger partial charge is 0.273 e. The van der Waals surface area contributed by atoms with E-state index in [1.165, 1.54) is 7.05 Å². The minimum Gasteiger partial charge on any atom is -0.365 e. The van der Waals surface area contributed by atoms with E-state index in [9.17, 15) is 19.6 Å². The summed E-state index contributed by atoms with van der Waals surface area (Å²) >= 11 is 0. The Kier molecular flexibility index (Phi) is 8.96. The maximum atomic E-state index is 13.5. The fourth-order valence-electron chi connectivity index (χ4n) is 3.72. The summed E-state index contributed by atoms with van der Waals surface area (Å²) in [6.07, 6.45) is -1.46. The van der Waals surface area contributed by atoms with Gasteiger partial charge < -0.3 is 15.4 Å². The molecule has 0 aliphatic carbocycles. The van der Waals surface area contributed by atoms with Crippen LogP contribution < -0.4 is 16.1 Å². The van der Waals surface area contributed by atoms with Crippen LogP contribution >= 0.6 is 0 Å². The molecule has 8 nitrogen and oxygen atoms in total. The van der Waals surface area contributed by atoms with Crippen molar-refractivity contribution in [1.29, 1.82) is 0 Å². The molecule has 1 unspecified atom stereocenters. The normalized spacial score (nSPS) is 14.4. The van der Waals surface area contributed by atoms with E-state index in [0.717, 1.165) is 16.3 Å². The molecule has 2 rings (SSSR count). The van der Waals surface area contributed by atoms with Crippen LogP contribution in [0.3, 0.4) is 0 Å². The second kappa shape index (κ2) is 11.2. The van der Waals surface area contributed by atoms with E-state index >= 15 is 0 Å². The number of carbonyl (C=O) groups is 3. The zero-order valence-corrected chi connectivity index (χ0v) is 20.1. The van der Waals surface area contributed by atoms with Crippen LogP contribution in [0.25, 0.3) is 10.8 Å². The summed E-state index contributed by atoms with van der Waals surface area (Å²) in [6.45, 7) is 9.01. The van der Waals surface area contributed by atoms with Gasteiger partial charge in [-0.3, -0.25) is 19.6 Å². The summed E-state index contributed by atoms with van der Waals surface area (Å²) in [5.41, 5.74) is 1.87. The Hall–Kier alpha value is -2.97. The first-order valence-electron chi connectivity index (χ1n) is 11.1. The highest BCUT2D eigenvalue weighted by molar-refractivity contribution is 5.93. The number of likely N-dealkylation sites (N-methyl/N-ethyl adjacent to an activating group) is 1. The van der Waals surface area contributed by atoms with Crippen LogP contribution in [0.1, 0.15) is 40.2 Å². The van der Waals surface area contributed by atoms with Crippen molar-refractivity contribution in [3.63, 3.8) is 0 Å². The summed E-state index contributed by atoms with van der Waals surface area (Å²) in [6, 6.07) is 12.8. The third kappa shape index (κ3) is 7.00. The van der Waals surface area contributed by atoms with Crippen molar-refractivity contribution < 1.29 is 24.3 Å². The molecule has 0 radical (unpaired) electrons. The monoisotopic (exact) mass is 457 g/mol. The van der Waals surface area contributed by atoms with Crippen molar-refractivity contribution in [2.24, 2.45) is 11.3 Å². The van der Waals surface area contributed by atoms with Crippen molar-refractivity contribution in [3.05, 3.63) is 48.0 Å². The number of hydrogen-bond acceptors (Lipinski definition) is 5. The van der Waals surface area contributed by atoms with Crippen molar-refractivity contribution in [1.82, 2.24) is 16.1 Å². The molecule has 4 N–H and O–H groups in total. The first-order chi connectivity index (χ1) is 15.5. The number of rotatable bonds is 9. The van der Waals surface area contributed by atoms with Crippen molar-refractivity contribution >= 4 is 28.5 Å². The Morgan fingerprint density at radius 3 is 2.15 bits per heavy atom. The number of carbonyl (C=O) groups excluding carboxylic acids is 3. The summed E-state index contributed by atoms with van der Waals surface area (Å²) in [5.74, 6) is -2.67. The zero-order chi connectivity index (χ0) is 24.8. The molecular formula is C25H35N3O5. The summed E-state index contributed by atoms with van der Waals surface area (Å²) < 4.78 is 5.77. The second-order valence-corrected chi connectivity index (χ2v) is 9.50. The van der Waals surface area contributed by atoms with E-state index in [0.29, 0.717) is 0 Å². The molecular weight excluding hydrogens is 422 g/mol. The molecule has 0 saturated carbocycles. The van der Waals surface area contributed by atoms with Crippen LogP contribution in [0.4, 0.5) is 0 Å². The molecule has 0 heterocycles. The maximum absolute atomic E-state index is 13.5. The lowest BCUT2D eigenvalue weighted by atomic mass is 9.84. The summed E-state index contributed by atoms with van der Waals surface area (Å²) in [4.78, 5) is 38.5. The number of amides is 3. The minimum absolute atomic E-state index is 0.173. The van der Waals surface area contributed by atoms with Gasteiger partial charge in [-0.25, -0.2) is 5.48 Å². The van der Waals surface area contributed by atoms with E-state index < -0.39 is 35.3 Å². The molecule has 0 aromatic heterocycles. The van der Waals surface area contributed by atoms with Gasteiger partial charge in [-0.15, -0.1) is 0 Å². The van der Waals surface area contributed by atoms with Gasteiger partial charge in [-0.05, 0) is 42.0 Å². The van der Waals surface area contributed by atoms with Gasteiger partial charge in [0.2, 0.25) is 11.8 Å².